The highest BCUT2D eigenvalue weighted by Gasteiger charge is 2.22. The molecule has 0 saturated carbocycles. The smallest absolute Gasteiger partial charge is 0.356 e. The predicted octanol–water partition coefficient (Wildman–Crippen LogP) is 3.04. The maximum absolute atomic E-state index is 13.3. The van der Waals surface area contributed by atoms with Gasteiger partial charge in [-0.3, -0.25) is 19.4 Å². The monoisotopic (exact) mass is 555 g/mol. The number of rotatable bonds is 10. The summed E-state index contributed by atoms with van der Waals surface area (Å²) < 4.78 is 25.6. The van der Waals surface area contributed by atoms with Crippen molar-refractivity contribution in [1.82, 2.24) is 19.3 Å². The number of nitrogens with one attached hydrogen (secondary N) is 1. The first kappa shape index (κ1) is 28.0. The van der Waals surface area contributed by atoms with Gasteiger partial charge in [0.15, 0.2) is 0 Å². The summed E-state index contributed by atoms with van der Waals surface area (Å²) in [7, 11) is -2.87. The van der Waals surface area contributed by atoms with E-state index in [9.17, 15) is 23.9 Å². The SMILES string of the molecule is CCOC(=O)c1cc(OC)c2c(c1)nc(NC(=O)c1cc(C)nn1CC)n2CCc1ccc(P(=O)(O)O)cc1. The molecule has 0 radical (unpaired) electrons. The zero-order chi connectivity index (χ0) is 28.3. The molecule has 39 heavy (non-hydrogen) atoms. The maximum Gasteiger partial charge on any atom is 0.356 e. The van der Waals surface area contributed by atoms with Crippen molar-refractivity contribution in [2.45, 2.75) is 40.3 Å². The number of benzene rings is 2. The summed E-state index contributed by atoms with van der Waals surface area (Å²) in [5.41, 5.74) is 3.14. The van der Waals surface area contributed by atoms with Gasteiger partial charge in [-0.05, 0) is 63.1 Å². The van der Waals surface area contributed by atoms with E-state index >= 15 is 0 Å². The lowest BCUT2D eigenvalue weighted by atomic mass is 10.1. The van der Waals surface area contributed by atoms with Crippen LogP contribution >= 0.6 is 7.60 Å². The second kappa shape index (κ2) is 11.4. The maximum atomic E-state index is 13.3. The van der Waals surface area contributed by atoms with E-state index in [1.54, 1.807) is 53.4 Å². The molecule has 3 N–H and O–H groups in total. The molecule has 0 spiro atoms. The van der Waals surface area contributed by atoms with E-state index in [-0.39, 0.29) is 23.4 Å². The lowest BCUT2D eigenvalue weighted by molar-refractivity contribution is 0.0526. The Morgan fingerprint density at radius 3 is 2.44 bits per heavy atom. The summed E-state index contributed by atoms with van der Waals surface area (Å²) in [5, 5.41) is 7.14. The summed E-state index contributed by atoms with van der Waals surface area (Å²) in [4.78, 5) is 49.1. The van der Waals surface area contributed by atoms with Gasteiger partial charge in [0, 0.05) is 13.1 Å². The lowest BCUT2D eigenvalue weighted by Gasteiger charge is -2.13. The predicted molar refractivity (Wildman–Crippen MR) is 145 cm³/mol. The molecule has 13 heteroatoms. The molecular formula is C26H30N5O7P. The molecule has 0 aliphatic heterocycles. The molecule has 0 aliphatic carbocycles. The third kappa shape index (κ3) is 6.03. The first-order valence-corrected chi connectivity index (χ1v) is 13.9. The molecule has 0 unspecified atom stereocenters. The van der Waals surface area contributed by atoms with Crippen LogP contribution in [0.1, 0.15) is 46.0 Å². The van der Waals surface area contributed by atoms with Gasteiger partial charge in [0.05, 0.1) is 35.8 Å². The molecule has 0 saturated heterocycles. The highest BCUT2D eigenvalue weighted by molar-refractivity contribution is 7.60. The molecule has 0 fully saturated rings. The van der Waals surface area contributed by atoms with Crippen molar-refractivity contribution in [3.63, 3.8) is 0 Å². The van der Waals surface area contributed by atoms with E-state index in [0.29, 0.717) is 47.7 Å². The topological polar surface area (TPSA) is 158 Å². The van der Waals surface area contributed by atoms with Gasteiger partial charge in [0.2, 0.25) is 5.95 Å². The number of imidazole rings is 1. The summed E-state index contributed by atoms with van der Waals surface area (Å²) in [6.45, 7) is 6.46. The Bertz CT molecular complexity index is 1570. The Labute approximate surface area is 224 Å². The summed E-state index contributed by atoms with van der Waals surface area (Å²) in [6.07, 6.45) is 0.449. The fraction of sp³-hybridized carbons (Fsp3) is 0.308. The number of hydrogen-bond donors (Lipinski definition) is 3. The number of anilines is 1. The van der Waals surface area contributed by atoms with E-state index in [0.717, 1.165) is 5.56 Å². The Hall–Kier alpha value is -3.99. The fourth-order valence-electron chi connectivity index (χ4n) is 4.26. The highest BCUT2D eigenvalue weighted by atomic mass is 31.2. The fourth-order valence-corrected chi connectivity index (χ4v) is 4.80. The summed E-state index contributed by atoms with van der Waals surface area (Å²) >= 11 is 0. The first-order chi connectivity index (χ1) is 18.5. The number of methoxy groups -OCH3 is 1. The van der Waals surface area contributed by atoms with Gasteiger partial charge < -0.3 is 23.8 Å². The van der Waals surface area contributed by atoms with Gasteiger partial charge in [-0.2, -0.15) is 5.10 Å². The molecule has 0 bridgehead atoms. The number of hydrogen-bond acceptors (Lipinski definition) is 7. The highest BCUT2D eigenvalue weighted by Crippen LogP contribution is 2.33. The van der Waals surface area contributed by atoms with Crippen molar-refractivity contribution >= 4 is 41.8 Å². The molecule has 2 aromatic carbocycles. The number of nitrogens with zero attached hydrogens (tertiary/aromatic N) is 4. The van der Waals surface area contributed by atoms with Crippen LogP contribution in [-0.4, -0.2) is 54.7 Å². The quantitative estimate of drug-likeness (QED) is 0.198. The van der Waals surface area contributed by atoms with Crippen molar-refractivity contribution in [3.8, 4) is 5.75 Å². The zero-order valence-electron chi connectivity index (χ0n) is 22.0. The number of carbonyl (C=O) groups is 2. The van der Waals surface area contributed by atoms with Crippen molar-refractivity contribution in [1.29, 1.82) is 0 Å². The van der Waals surface area contributed by atoms with Gasteiger partial charge in [-0.1, -0.05) is 12.1 Å². The molecule has 4 aromatic rings. The van der Waals surface area contributed by atoms with Crippen LogP contribution in [0.25, 0.3) is 11.0 Å². The molecule has 206 valence electrons. The lowest BCUT2D eigenvalue weighted by Crippen LogP contribution is -2.20. The minimum Gasteiger partial charge on any atom is -0.494 e. The number of fused-ring (bicyclic) bond motifs is 1. The van der Waals surface area contributed by atoms with E-state index in [4.69, 9.17) is 9.47 Å². The first-order valence-electron chi connectivity index (χ1n) is 12.3. The Morgan fingerprint density at radius 2 is 1.82 bits per heavy atom. The number of ether oxygens (including phenoxy) is 2. The molecule has 1 amide bonds. The molecule has 2 aromatic heterocycles. The van der Waals surface area contributed by atoms with E-state index in [1.807, 2.05) is 6.92 Å². The van der Waals surface area contributed by atoms with Crippen molar-refractivity contribution in [2.24, 2.45) is 0 Å². The molecule has 0 aliphatic rings. The third-order valence-corrected chi connectivity index (χ3v) is 7.07. The van der Waals surface area contributed by atoms with Crippen LogP contribution in [-0.2, 0) is 28.8 Å². The van der Waals surface area contributed by atoms with Gasteiger partial charge in [-0.25, -0.2) is 9.78 Å². The van der Waals surface area contributed by atoms with Gasteiger partial charge in [-0.15, -0.1) is 0 Å². The Balaban J connectivity index is 1.76. The van der Waals surface area contributed by atoms with Crippen LogP contribution in [0, 0.1) is 6.92 Å². The number of esters is 1. The van der Waals surface area contributed by atoms with Gasteiger partial charge >= 0.3 is 13.6 Å². The second-order valence-electron chi connectivity index (χ2n) is 8.76. The average Bonchev–Trinajstić information content (AvgIpc) is 3.46. The van der Waals surface area contributed by atoms with Crippen LogP contribution in [0.5, 0.6) is 5.75 Å². The molecule has 4 rings (SSSR count). The minimum absolute atomic E-state index is 0.0664. The number of aromatic nitrogens is 4. The van der Waals surface area contributed by atoms with Crippen LogP contribution in [0.3, 0.4) is 0 Å². The van der Waals surface area contributed by atoms with E-state index < -0.39 is 19.5 Å². The van der Waals surface area contributed by atoms with Gasteiger partial charge in [0.1, 0.15) is 17.0 Å². The number of amides is 1. The zero-order valence-corrected chi connectivity index (χ0v) is 22.9. The average molecular weight is 556 g/mol. The minimum atomic E-state index is -4.35. The summed E-state index contributed by atoms with van der Waals surface area (Å²) in [5.74, 6) is -0.313. The Morgan fingerprint density at radius 1 is 1.10 bits per heavy atom. The standard InChI is InChI=1S/C26H30N5O7P/c1-5-31-21(13-16(3)29-31)24(32)28-26-27-20-14-18(25(33)38-6-2)15-22(37-4)23(20)30(26)12-11-17-7-9-19(10-8-17)39(34,35)36/h7-10,13-15H,5-6,11-12H2,1-4H3,(H,27,28,32)(H2,34,35,36). The van der Waals surface area contributed by atoms with Crippen molar-refractivity contribution in [3.05, 3.63) is 65.0 Å². The normalized spacial score (nSPS) is 11.5. The molecule has 12 nitrogen and oxygen atoms in total. The molecule has 2 heterocycles. The molecular weight excluding hydrogens is 525 g/mol. The number of carbonyl (C=O) groups excluding carboxylic acids is 2. The van der Waals surface area contributed by atoms with Crippen LogP contribution in [0.15, 0.2) is 42.5 Å². The van der Waals surface area contributed by atoms with Crippen LogP contribution in [0.4, 0.5) is 5.95 Å². The van der Waals surface area contributed by atoms with Gasteiger partial charge in [0.25, 0.3) is 5.91 Å². The third-order valence-electron chi connectivity index (χ3n) is 6.09. The van der Waals surface area contributed by atoms with E-state index in [2.05, 4.69) is 15.4 Å². The molecule has 0 atom stereocenters. The van der Waals surface area contributed by atoms with Crippen molar-refractivity contribution in [2.75, 3.05) is 19.0 Å². The van der Waals surface area contributed by atoms with E-state index in [1.165, 1.54) is 19.2 Å². The Kier molecular flexibility index (Phi) is 8.19. The summed E-state index contributed by atoms with van der Waals surface area (Å²) in [6, 6.07) is 10.9. The second-order valence-corrected chi connectivity index (χ2v) is 10.4. The van der Waals surface area contributed by atoms with Crippen molar-refractivity contribution < 1.29 is 33.4 Å². The largest absolute Gasteiger partial charge is 0.494 e. The van der Waals surface area contributed by atoms with Crippen LogP contribution < -0.4 is 15.4 Å². The number of aryl methyl sites for hydroxylation is 4. The van der Waals surface area contributed by atoms with Crippen LogP contribution in [0.2, 0.25) is 0 Å².